The number of nitrogens with one attached hydrogen (secondary N) is 1. The van der Waals surface area contributed by atoms with Crippen LogP contribution in [0.4, 0.5) is 13.2 Å². The fraction of sp³-hybridized carbons (Fsp3) is 0.250. The van der Waals surface area contributed by atoms with E-state index in [0.717, 1.165) is 4.88 Å². The number of hydrogen-bond donors (Lipinski definition) is 1. The highest BCUT2D eigenvalue weighted by Gasteiger charge is 2.32. The van der Waals surface area contributed by atoms with Crippen molar-refractivity contribution in [1.29, 1.82) is 0 Å². The van der Waals surface area contributed by atoms with Crippen LogP contribution in [0.2, 0.25) is 0 Å². The molecule has 0 spiro atoms. The van der Waals surface area contributed by atoms with E-state index in [1.54, 1.807) is 19.2 Å². The first-order valence-electron chi connectivity index (χ1n) is 7.71. The number of thiazole rings is 1. The Bertz CT molecular complexity index is 967. The third kappa shape index (κ3) is 4.42. The van der Waals surface area contributed by atoms with Crippen LogP contribution in [0, 0.1) is 13.8 Å². The predicted octanol–water partition coefficient (Wildman–Crippen LogP) is 3.17. The van der Waals surface area contributed by atoms with Crippen molar-refractivity contribution in [3.8, 4) is 10.9 Å². The molecule has 1 amide bonds. The van der Waals surface area contributed by atoms with Crippen LogP contribution in [0.15, 0.2) is 30.5 Å². The van der Waals surface area contributed by atoms with Crippen LogP contribution in [0.5, 0.6) is 5.75 Å². The molecule has 0 unspecified atom stereocenters. The van der Waals surface area contributed by atoms with Crippen molar-refractivity contribution in [1.82, 2.24) is 25.3 Å². The minimum atomic E-state index is -4.81. The lowest BCUT2D eigenvalue weighted by Crippen LogP contribution is -2.25. The maximum Gasteiger partial charge on any atom is 0.573 e. The number of amides is 1. The quantitative estimate of drug-likeness (QED) is 0.715. The number of nitrogens with zero attached hydrogens (tertiary/aromatic N) is 4. The molecule has 0 saturated carbocycles. The van der Waals surface area contributed by atoms with Crippen LogP contribution in [0.3, 0.4) is 0 Å². The number of halogens is 3. The summed E-state index contributed by atoms with van der Waals surface area (Å²) >= 11 is 1.39. The molecule has 27 heavy (non-hydrogen) atoms. The number of aryl methyl sites for hydroxylation is 1. The van der Waals surface area contributed by atoms with E-state index in [0.29, 0.717) is 10.8 Å². The largest absolute Gasteiger partial charge is 0.573 e. The Morgan fingerprint density at radius 2 is 2.04 bits per heavy atom. The maximum absolute atomic E-state index is 12.5. The lowest BCUT2D eigenvalue weighted by molar-refractivity contribution is -0.274. The molecule has 0 saturated heterocycles. The number of hydrogen-bond acceptors (Lipinski definition) is 6. The van der Waals surface area contributed by atoms with E-state index >= 15 is 0 Å². The minimum Gasteiger partial charge on any atom is -0.405 e. The summed E-state index contributed by atoms with van der Waals surface area (Å²) < 4.78 is 42.8. The standard InChI is InChI=1S/C16H14F3N5O2S/c1-9-7-21-15(27-9)24-10(2)13(22-23-24)14(25)20-8-11-5-3-4-6-12(11)26-16(17,18)19/h3-7H,8H2,1-2H3,(H,20,25). The molecule has 3 aromatic rings. The van der Waals surface area contributed by atoms with Crippen molar-refractivity contribution < 1.29 is 22.7 Å². The van der Waals surface area contributed by atoms with Crippen molar-refractivity contribution in [2.45, 2.75) is 26.8 Å². The fourth-order valence-electron chi connectivity index (χ4n) is 2.29. The Morgan fingerprint density at radius 1 is 1.30 bits per heavy atom. The monoisotopic (exact) mass is 397 g/mol. The second kappa shape index (κ2) is 7.35. The van der Waals surface area contributed by atoms with E-state index < -0.39 is 12.3 Å². The van der Waals surface area contributed by atoms with E-state index in [-0.39, 0.29) is 23.6 Å². The molecule has 0 fully saturated rings. The van der Waals surface area contributed by atoms with Gasteiger partial charge in [-0.15, -0.1) is 29.6 Å². The fourth-order valence-corrected chi connectivity index (χ4v) is 3.05. The van der Waals surface area contributed by atoms with E-state index in [2.05, 4.69) is 25.3 Å². The summed E-state index contributed by atoms with van der Waals surface area (Å²) in [5.74, 6) is -0.933. The smallest absolute Gasteiger partial charge is 0.405 e. The minimum absolute atomic E-state index is 0.0667. The van der Waals surface area contributed by atoms with Gasteiger partial charge in [-0.3, -0.25) is 4.79 Å². The second-order valence-electron chi connectivity index (χ2n) is 5.53. The molecule has 11 heteroatoms. The molecule has 2 heterocycles. The summed E-state index contributed by atoms with van der Waals surface area (Å²) in [5.41, 5.74) is 0.725. The molecule has 1 aromatic carbocycles. The van der Waals surface area contributed by atoms with Crippen molar-refractivity contribution in [2.24, 2.45) is 0 Å². The SMILES string of the molecule is Cc1cnc(-n2nnc(C(=O)NCc3ccccc3OC(F)(F)F)c2C)s1. The lowest BCUT2D eigenvalue weighted by Gasteiger charge is -2.13. The normalized spacial score (nSPS) is 11.4. The summed E-state index contributed by atoms with van der Waals surface area (Å²) in [6.07, 6.45) is -3.14. The molecule has 0 aliphatic carbocycles. The van der Waals surface area contributed by atoms with E-state index in [1.807, 2.05) is 6.92 Å². The zero-order valence-electron chi connectivity index (χ0n) is 14.2. The first kappa shape index (κ1) is 18.8. The first-order valence-corrected chi connectivity index (χ1v) is 8.53. The Hall–Kier alpha value is -2.95. The highest BCUT2D eigenvalue weighted by atomic mass is 32.1. The Balaban J connectivity index is 1.73. The van der Waals surface area contributed by atoms with E-state index in [9.17, 15) is 18.0 Å². The van der Waals surface area contributed by atoms with Crippen LogP contribution < -0.4 is 10.1 Å². The number of rotatable bonds is 5. The molecule has 0 aliphatic rings. The molecular formula is C16H14F3N5O2S. The van der Waals surface area contributed by atoms with Crippen molar-refractivity contribution in [3.63, 3.8) is 0 Å². The zero-order valence-corrected chi connectivity index (χ0v) is 15.1. The number of para-hydroxylation sites is 1. The Labute approximate surface area is 155 Å². The summed E-state index contributed by atoms with van der Waals surface area (Å²) in [4.78, 5) is 17.5. The molecule has 7 nitrogen and oxygen atoms in total. The van der Waals surface area contributed by atoms with Gasteiger partial charge in [0.15, 0.2) is 5.69 Å². The maximum atomic E-state index is 12.5. The van der Waals surface area contributed by atoms with Gasteiger partial charge in [-0.2, -0.15) is 4.68 Å². The van der Waals surface area contributed by atoms with Crippen LogP contribution in [0.25, 0.3) is 5.13 Å². The van der Waals surface area contributed by atoms with Crippen LogP contribution >= 0.6 is 11.3 Å². The number of alkyl halides is 3. The number of carbonyl (C=O) groups excluding carboxylic acids is 1. The first-order chi connectivity index (χ1) is 12.7. The molecule has 142 valence electrons. The number of carbonyl (C=O) groups is 1. The van der Waals surface area contributed by atoms with Gasteiger partial charge >= 0.3 is 6.36 Å². The zero-order chi connectivity index (χ0) is 19.6. The number of ether oxygens (including phenoxy) is 1. The van der Waals surface area contributed by atoms with Gasteiger partial charge in [0.1, 0.15) is 5.75 Å². The molecular weight excluding hydrogens is 383 g/mol. The van der Waals surface area contributed by atoms with Gasteiger partial charge in [-0.05, 0) is 19.9 Å². The van der Waals surface area contributed by atoms with Crippen LogP contribution in [0.1, 0.15) is 26.6 Å². The third-order valence-corrected chi connectivity index (χ3v) is 4.43. The predicted molar refractivity (Wildman–Crippen MR) is 90.8 cm³/mol. The van der Waals surface area contributed by atoms with Gasteiger partial charge in [0, 0.05) is 23.2 Å². The van der Waals surface area contributed by atoms with E-state index in [1.165, 1.54) is 34.2 Å². The average molecular weight is 397 g/mol. The van der Waals surface area contributed by atoms with E-state index in [4.69, 9.17) is 0 Å². The second-order valence-corrected chi connectivity index (χ2v) is 6.74. The van der Waals surface area contributed by atoms with Crippen LogP contribution in [-0.4, -0.2) is 32.2 Å². The van der Waals surface area contributed by atoms with Crippen molar-refractivity contribution in [2.75, 3.05) is 0 Å². The third-order valence-electron chi connectivity index (χ3n) is 3.54. The molecule has 1 N–H and O–H groups in total. The summed E-state index contributed by atoms with van der Waals surface area (Å²) in [7, 11) is 0. The molecule has 0 aliphatic heterocycles. The number of benzene rings is 1. The van der Waals surface area contributed by atoms with Gasteiger partial charge < -0.3 is 10.1 Å². The van der Waals surface area contributed by atoms with Crippen molar-refractivity contribution in [3.05, 3.63) is 52.3 Å². The average Bonchev–Trinajstić information content (AvgIpc) is 3.18. The molecule has 0 atom stereocenters. The lowest BCUT2D eigenvalue weighted by atomic mass is 10.2. The molecule has 2 aromatic heterocycles. The van der Waals surface area contributed by atoms with Gasteiger partial charge in [-0.1, -0.05) is 23.4 Å². The highest BCUT2D eigenvalue weighted by Crippen LogP contribution is 2.26. The van der Waals surface area contributed by atoms with Crippen LogP contribution in [-0.2, 0) is 6.54 Å². The van der Waals surface area contributed by atoms with Gasteiger partial charge in [-0.25, -0.2) is 4.98 Å². The summed E-state index contributed by atoms with van der Waals surface area (Å²) in [5, 5.41) is 10.9. The van der Waals surface area contributed by atoms with Crippen molar-refractivity contribution >= 4 is 17.2 Å². The Morgan fingerprint density at radius 3 is 2.70 bits per heavy atom. The number of aromatic nitrogens is 4. The van der Waals surface area contributed by atoms with Gasteiger partial charge in [0.2, 0.25) is 5.13 Å². The molecule has 0 bridgehead atoms. The summed E-state index contributed by atoms with van der Waals surface area (Å²) in [6.45, 7) is 3.39. The summed E-state index contributed by atoms with van der Waals surface area (Å²) in [6, 6.07) is 5.58. The molecule has 0 radical (unpaired) electrons. The molecule has 3 rings (SSSR count). The topological polar surface area (TPSA) is 81.9 Å². The van der Waals surface area contributed by atoms with Gasteiger partial charge in [0.25, 0.3) is 5.91 Å². The Kier molecular flexibility index (Phi) is 5.13. The van der Waals surface area contributed by atoms with Gasteiger partial charge in [0.05, 0.1) is 5.69 Å². The highest BCUT2D eigenvalue weighted by molar-refractivity contribution is 7.13.